The van der Waals surface area contributed by atoms with Gasteiger partial charge in [0.25, 0.3) is 0 Å². The van der Waals surface area contributed by atoms with Gasteiger partial charge in [0.2, 0.25) is 10.0 Å². The van der Waals surface area contributed by atoms with Crippen molar-refractivity contribution in [2.75, 3.05) is 24.2 Å². The Morgan fingerprint density at radius 3 is 2.87 bits per heavy atom. The molecule has 3 aromatic rings. The van der Waals surface area contributed by atoms with E-state index in [0.29, 0.717) is 29.7 Å². The second-order valence-electron chi connectivity index (χ2n) is 6.81. The SMILES string of the molecule is C.CCS(=O)(=O)N1CCC[C@H](Nc2nc3ccc(Oc4ccnc(Cl)c4)cc3s2)C1. The predicted octanol–water partition coefficient (Wildman–Crippen LogP) is 5.00. The number of rotatable bonds is 6. The normalized spacial score (nSPS) is 17.5. The molecule has 1 aromatic carbocycles. The van der Waals surface area contributed by atoms with Crippen molar-refractivity contribution in [2.24, 2.45) is 0 Å². The third-order valence-corrected chi connectivity index (χ3v) is 7.77. The Hall–Kier alpha value is -1.94. The first-order chi connectivity index (χ1) is 13.9. The van der Waals surface area contributed by atoms with Crippen LogP contribution in [0.15, 0.2) is 36.5 Å². The van der Waals surface area contributed by atoms with E-state index in [2.05, 4.69) is 15.3 Å². The van der Waals surface area contributed by atoms with E-state index in [1.807, 2.05) is 18.2 Å². The number of ether oxygens (including phenoxy) is 1. The molecule has 4 rings (SSSR count). The molecule has 0 unspecified atom stereocenters. The fraction of sp³-hybridized carbons (Fsp3) is 0.400. The molecular formula is C20H25ClN4O3S2. The molecule has 1 aliphatic rings. The molecule has 7 nitrogen and oxygen atoms in total. The molecule has 1 N–H and O–H groups in total. The van der Waals surface area contributed by atoms with Gasteiger partial charge in [0.15, 0.2) is 5.13 Å². The number of aromatic nitrogens is 2. The smallest absolute Gasteiger partial charge is 0.213 e. The minimum absolute atomic E-state index is 0. The van der Waals surface area contributed by atoms with Gasteiger partial charge in [0.05, 0.1) is 16.0 Å². The number of fused-ring (bicyclic) bond motifs is 1. The van der Waals surface area contributed by atoms with Gasteiger partial charge in [-0.1, -0.05) is 30.4 Å². The maximum Gasteiger partial charge on any atom is 0.213 e. The minimum atomic E-state index is -3.16. The van der Waals surface area contributed by atoms with Gasteiger partial charge in [-0.25, -0.2) is 18.4 Å². The number of nitrogens with one attached hydrogen (secondary N) is 1. The van der Waals surface area contributed by atoms with Gasteiger partial charge in [0.1, 0.15) is 16.7 Å². The van der Waals surface area contributed by atoms with Crippen LogP contribution in [0, 0.1) is 0 Å². The highest BCUT2D eigenvalue weighted by Gasteiger charge is 2.28. The lowest BCUT2D eigenvalue weighted by Gasteiger charge is -2.31. The van der Waals surface area contributed by atoms with E-state index >= 15 is 0 Å². The van der Waals surface area contributed by atoms with Crippen molar-refractivity contribution >= 4 is 48.3 Å². The Labute approximate surface area is 186 Å². The average Bonchev–Trinajstić information content (AvgIpc) is 3.09. The number of halogens is 1. The second kappa shape index (κ2) is 9.47. The number of benzene rings is 1. The molecule has 0 saturated carbocycles. The van der Waals surface area contributed by atoms with Crippen LogP contribution in [0.25, 0.3) is 10.2 Å². The summed E-state index contributed by atoms with van der Waals surface area (Å²) in [6.07, 6.45) is 3.36. The molecule has 0 radical (unpaired) electrons. The molecular weight excluding hydrogens is 444 g/mol. The van der Waals surface area contributed by atoms with E-state index in [1.165, 1.54) is 11.3 Å². The van der Waals surface area contributed by atoms with E-state index in [-0.39, 0.29) is 19.2 Å². The van der Waals surface area contributed by atoms with Crippen LogP contribution < -0.4 is 10.1 Å². The first kappa shape index (κ1) is 22.7. The molecule has 30 heavy (non-hydrogen) atoms. The maximum atomic E-state index is 12.2. The van der Waals surface area contributed by atoms with Crippen molar-refractivity contribution in [3.8, 4) is 11.5 Å². The van der Waals surface area contributed by atoms with Crippen molar-refractivity contribution in [2.45, 2.75) is 33.2 Å². The van der Waals surface area contributed by atoms with E-state index in [9.17, 15) is 8.42 Å². The van der Waals surface area contributed by atoms with Crippen LogP contribution in [0.5, 0.6) is 11.5 Å². The zero-order valence-corrected chi connectivity index (χ0v) is 18.2. The summed E-state index contributed by atoms with van der Waals surface area (Å²) in [5.41, 5.74) is 0.867. The van der Waals surface area contributed by atoms with Crippen molar-refractivity contribution in [1.29, 1.82) is 0 Å². The van der Waals surface area contributed by atoms with Gasteiger partial charge in [-0.3, -0.25) is 0 Å². The monoisotopic (exact) mass is 468 g/mol. The first-order valence-corrected chi connectivity index (χ1v) is 12.2. The van der Waals surface area contributed by atoms with Crippen molar-refractivity contribution in [3.05, 3.63) is 41.7 Å². The Morgan fingerprint density at radius 1 is 1.30 bits per heavy atom. The van der Waals surface area contributed by atoms with Crippen LogP contribution in [0.3, 0.4) is 0 Å². The number of nitrogens with zero attached hydrogens (tertiary/aromatic N) is 3. The summed E-state index contributed by atoms with van der Waals surface area (Å²) in [4.78, 5) is 8.57. The molecule has 1 fully saturated rings. The van der Waals surface area contributed by atoms with Crippen LogP contribution in [0.1, 0.15) is 27.2 Å². The van der Waals surface area contributed by atoms with Crippen molar-refractivity contribution < 1.29 is 13.2 Å². The highest BCUT2D eigenvalue weighted by Crippen LogP contribution is 2.32. The predicted molar refractivity (Wildman–Crippen MR) is 123 cm³/mol. The summed E-state index contributed by atoms with van der Waals surface area (Å²) in [6.45, 7) is 2.75. The number of pyridine rings is 1. The molecule has 0 amide bonds. The zero-order chi connectivity index (χ0) is 20.4. The van der Waals surface area contributed by atoms with E-state index < -0.39 is 10.0 Å². The van der Waals surface area contributed by atoms with Gasteiger partial charge in [-0.05, 0) is 38.0 Å². The first-order valence-electron chi connectivity index (χ1n) is 9.37. The van der Waals surface area contributed by atoms with Gasteiger partial charge >= 0.3 is 0 Å². The molecule has 1 saturated heterocycles. The molecule has 0 bridgehead atoms. The van der Waals surface area contributed by atoms with Crippen molar-refractivity contribution in [1.82, 2.24) is 14.3 Å². The van der Waals surface area contributed by atoms with Gasteiger partial charge in [0, 0.05) is 37.5 Å². The quantitative estimate of drug-likeness (QED) is 0.512. The van der Waals surface area contributed by atoms with Crippen LogP contribution in [0.2, 0.25) is 5.15 Å². The van der Waals surface area contributed by atoms with E-state index in [0.717, 1.165) is 28.2 Å². The standard InChI is InChI=1S/C19H21ClN4O3S2.CH4/c1-2-29(25,26)24-9-3-4-13(12-24)22-19-23-16-6-5-14(10-17(16)28-19)27-15-7-8-21-18(20)11-15;/h5-8,10-11,13H,2-4,9,12H2,1H3,(H,22,23);1H4/t13-;/m0./s1. The van der Waals surface area contributed by atoms with Crippen molar-refractivity contribution in [3.63, 3.8) is 0 Å². The minimum Gasteiger partial charge on any atom is -0.457 e. The average molecular weight is 469 g/mol. The van der Waals surface area contributed by atoms with Gasteiger partial charge < -0.3 is 10.1 Å². The second-order valence-corrected chi connectivity index (χ2v) is 10.5. The number of thiazole rings is 1. The number of hydrogen-bond donors (Lipinski definition) is 1. The highest BCUT2D eigenvalue weighted by atomic mass is 35.5. The Kier molecular flexibility index (Phi) is 7.18. The summed E-state index contributed by atoms with van der Waals surface area (Å²) in [5, 5.41) is 4.56. The lowest BCUT2D eigenvalue weighted by molar-refractivity contribution is 0.327. The van der Waals surface area contributed by atoms with Crippen LogP contribution in [-0.2, 0) is 10.0 Å². The van der Waals surface area contributed by atoms with Crippen LogP contribution in [0.4, 0.5) is 5.13 Å². The third-order valence-electron chi connectivity index (χ3n) is 4.76. The number of anilines is 1. The molecule has 162 valence electrons. The van der Waals surface area contributed by atoms with Gasteiger partial charge in [-0.15, -0.1) is 0 Å². The summed E-state index contributed by atoms with van der Waals surface area (Å²) in [5.74, 6) is 1.44. The Balaban J connectivity index is 0.00000256. The lowest BCUT2D eigenvalue weighted by Crippen LogP contribution is -2.45. The zero-order valence-electron chi connectivity index (χ0n) is 15.8. The Bertz CT molecular complexity index is 1120. The number of sulfonamides is 1. The third kappa shape index (κ3) is 5.21. The molecule has 0 aliphatic carbocycles. The Morgan fingerprint density at radius 2 is 2.10 bits per heavy atom. The fourth-order valence-corrected chi connectivity index (χ4v) is 5.60. The summed E-state index contributed by atoms with van der Waals surface area (Å²) in [7, 11) is -3.16. The molecule has 1 atom stereocenters. The van der Waals surface area contributed by atoms with Crippen LogP contribution >= 0.6 is 22.9 Å². The molecule has 0 spiro atoms. The largest absolute Gasteiger partial charge is 0.457 e. The summed E-state index contributed by atoms with van der Waals surface area (Å²) < 4.78 is 32.7. The highest BCUT2D eigenvalue weighted by molar-refractivity contribution is 7.89. The maximum absolute atomic E-state index is 12.2. The number of piperidine rings is 1. The summed E-state index contributed by atoms with van der Waals surface area (Å²) in [6, 6.07) is 9.15. The molecule has 3 heterocycles. The number of hydrogen-bond acceptors (Lipinski definition) is 7. The topological polar surface area (TPSA) is 84.4 Å². The molecule has 1 aliphatic heterocycles. The molecule has 2 aromatic heterocycles. The summed E-state index contributed by atoms with van der Waals surface area (Å²) >= 11 is 7.43. The van der Waals surface area contributed by atoms with E-state index in [1.54, 1.807) is 29.6 Å². The molecule has 10 heteroatoms. The van der Waals surface area contributed by atoms with E-state index in [4.69, 9.17) is 16.3 Å². The lowest BCUT2D eigenvalue weighted by atomic mass is 10.1. The van der Waals surface area contributed by atoms with Crippen LogP contribution in [-0.4, -0.2) is 47.6 Å². The van der Waals surface area contributed by atoms with Gasteiger partial charge in [-0.2, -0.15) is 4.31 Å². The fourth-order valence-electron chi connectivity index (χ4n) is 3.28.